The van der Waals surface area contributed by atoms with Gasteiger partial charge >= 0.3 is 0 Å². The van der Waals surface area contributed by atoms with Gasteiger partial charge in [-0.15, -0.1) is 0 Å². The lowest BCUT2D eigenvalue weighted by Crippen LogP contribution is -2.23. The molecule has 27 heavy (non-hydrogen) atoms. The molecular formula is C19H23ClN4O3. The van der Waals surface area contributed by atoms with Crippen molar-refractivity contribution in [1.82, 2.24) is 9.97 Å². The molecule has 0 bridgehead atoms. The largest absolute Gasteiger partial charge is 0.454 e. The molecular weight excluding hydrogens is 368 g/mol. The van der Waals surface area contributed by atoms with E-state index in [1.807, 2.05) is 0 Å². The molecule has 8 heteroatoms. The van der Waals surface area contributed by atoms with E-state index in [-0.39, 0.29) is 18.3 Å². The number of nitrogens with two attached hydrogens (primary N) is 1. The van der Waals surface area contributed by atoms with Crippen LogP contribution in [0.4, 0.5) is 11.5 Å². The Morgan fingerprint density at radius 3 is 3.04 bits per heavy atom. The maximum Gasteiger partial charge on any atom is 0.166 e. The van der Waals surface area contributed by atoms with Crippen LogP contribution in [0.2, 0.25) is 5.02 Å². The Morgan fingerprint density at radius 1 is 1.44 bits per heavy atom. The lowest BCUT2D eigenvalue weighted by molar-refractivity contribution is -0.122. The van der Waals surface area contributed by atoms with E-state index in [4.69, 9.17) is 26.8 Å². The second kappa shape index (κ2) is 9.01. The molecule has 7 nitrogen and oxygen atoms in total. The minimum atomic E-state index is 0.0327. The van der Waals surface area contributed by atoms with Crippen LogP contribution in [0, 0.1) is 0 Å². The van der Waals surface area contributed by atoms with Crippen molar-refractivity contribution in [3.05, 3.63) is 35.2 Å². The number of carbonyl (C=O) groups is 1. The molecule has 3 N–H and O–H groups in total. The van der Waals surface area contributed by atoms with Crippen molar-refractivity contribution in [2.45, 2.75) is 38.2 Å². The molecule has 0 radical (unpaired) electrons. The van der Waals surface area contributed by atoms with Gasteiger partial charge in [-0.05, 0) is 25.3 Å². The molecule has 1 atom stereocenters. The van der Waals surface area contributed by atoms with Crippen molar-refractivity contribution in [2.75, 3.05) is 24.7 Å². The zero-order valence-corrected chi connectivity index (χ0v) is 16.0. The van der Waals surface area contributed by atoms with E-state index in [0.717, 1.165) is 25.9 Å². The van der Waals surface area contributed by atoms with Gasteiger partial charge in [-0.1, -0.05) is 11.6 Å². The fraction of sp³-hybridized carbons (Fsp3) is 0.421. The summed E-state index contributed by atoms with van der Waals surface area (Å²) in [6.45, 7) is 0.741. The number of carbonyl (C=O) groups excluding carboxylic acids is 1. The van der Waals surface area contributed by atoms with Gasteiger partial charge in [0.2, 0.25) is 0 Å². The second-order valence-electron chi connectivity index (χ2n) is 6.44. The van der Waals surface area contributed by atoms with Gasteiger partial charge in [0.15, 0.2) is 5.75 Å². The van der Waals surface area contributed by atoms with Gasteiger partial charge in [-0.2, -0.15) is 0 Å². The summed E-state index contributed by atoms with van der Waals surface area (Å²) in [6.07, 6.45) is 6.90. The SMILES string of the molecule is CNc1c(N)ncc(Oc2ccnc(CC(=O)CC3CCCCO3)c2)c1Cl. The maximum absolute atomic E-state index is 12.3. The van der Waals surface area contributed by atoms with Crippen molar-refractivity contribution in [3.8, 4) is 11.5 Å². The number of nitrogen functional groups attached to an aromatic ring is 1. The minimum absolute atomic E-state index is 0.0327. The highest BCUT2D eigenvalue weighted by molar-refractivity contribution is 6.35. The zero-order valence-electron chi connectivity index (χ0n) is 15.2. The van der Waals surface area contributed by atoms with Crippen LogP contribution in [0.5, 0.6) is 11.5 Å². The Balaban J connectivity index is 1.66. The third-order valence-electron chi connectivity index (χ3n) is 4.39. The molecule has 1 unspecified atom stereocenters. The fourth-order valence-corrected chi connectivity index (χ4v) is 3.31. The third-order valence-corrected chi connectivity index (χ3v) is 4.76. The molecule has 0 aliphatic carbocycles. The van der Waals surface area contributed by atoms with Crippen LogP contribution < -0.4 is 15.8 Å². The first-order valence-electron chi connectivity index (χ1n) is 8.94. The normalized spacial score (nSPS) is 16.7. The maximum atomic E-state index is 12.3. The van der Waals surface area contributed by atoms with Gasteiger partial charge in [0.25, 0.3) is 0 Å². The predicted molar refractivity (Wildman–Crippen MR) is 104 cm³/mol. The Kier molecular flexibility index (Phi) is 6.47. The summed E-state index contributed by atoms with van der Waals surface area (Å²) < 4.78 is 11.4. The highest BCUT2D eigenvalue weighted by atomic mass is 35.5. The molecule has 0 saturated carbocycles. The molecule has 0 aromatic carbocycles. The average molecular weight is 391 g/mol. The number of nitrogens with one attached hydrogen (secondary N) is 1. The number of halogens is 1. The molecule has 1 fully saturated rings. The first-order chi connectivity index (χ1) is 13.1. The smallest absolute Gasteiger partial charge is 0.166 e. The number of hydrogen-bond donors (Lipinski definition) is 2. The van der Waals surface area contributed by atoms with E-state index in [1.54, 1.807) is 25.4 Å². The quantitative estimate of drug-likeness (QED) is 0.744. The van der Waals surface area contributed by atoms with Crippen LogP contribution in [-0.2, 0) is 16.0 Å². The van der Waals surface area contributed by atoms with E-state index >= 15 is 0 Å². The molecule has 0 amide bonds. The highest BCUT2D eigenvalue weighted by Gasteiger charge is 2.18. The number of anilines is 2. The van der Waals surface area contributed by atoms with Crippen LogP contribution >= 0.6 is 11.6 Å². The van der Waals surface area contributed by atoms with Gasteiger partial charge in [0.05, 0.1) is 23.7 Å². The summed E-state index contributed by atoms with van der Waals surface area (Å²) in [5.74, 6) is 1.29. The number of Topliss-reactive ketones (excluding diaryl/α,β-unsaturated/α-hetero) is 1. The molecule has 3 heterocycles. The lowest BCUT2D eigenvalue weighted by Gasteiger charge is -2.21. The number of aromatic nitrogens is 2. The molecule has 144 valence electrons. The van der Waals surface area contributed by atoms with Crippen LogP contribution in [0.1, 0.15) is 31.4 Å². The zero-order chi connectivity index (χ0) is 19.2. The van der Waals surface area contributed by atoms with E-state index in [1.165, 1.54) is 6.20 Å². The second-order valence-corrected chi connectivity index (χ2v) is 6.82. The summed E-state index contributed by atoms with van der Waals surface area (Å²) in [5, 5.41) is 3.24. The Bertz CT molecular complexity index is 810. The van der Waals surface area contributed by atoms with Gasteiger partial charge in [0, 0.05) is 38.8 Å². The number of nitrogens with zero attached hydrogens (tertiary/aromatic N) is 2. The number of ether oxygens (including phenoxy) is 2. The number of ketones is 1. The summed E-state index contributed by atoms with van der Waals surface area (Å²) in [6, 6.07) is 3.43. The molecule has 2 aromatic heterocycles. The van der Waals surface area contributed by atoms with Gasteiger partial charge in [0.1, 0.15) is 22.4 Å². The van der Waals surface area contributed by atoms with E-state index < -0.39 is 0 Å². The van der Waals surface area contributed by atoms with Gasteiger partial charge < -0.3 is 20.5 Å². The van der Waals surface area contributed by atoms with Crippen molar-refractivity contribution in [1.29, 1.82) is 0 Å². The number of hydrogen-bond acceptors (Lipinski definition) is 7. The van der Waals surface area contributed by atoms with E-state index in [0.29, 0.717) is 40.1 Å². The van der Waals surface area contributed by atoms with Crippen molar-refractivity contribution < 1.29 is 14.3 Å². The molecule has 3 rings (SSSR count). The summed E-state index contributed by atoms with van der Waals surface area (Å²) in [4.78, 5) is 20.6. The Hall–Kier alpha value is -2.38. The monoisotopic (exact) mass is 390 g/mol. The molecule has 1 aliphatic rings. The van der Waals surface area contributed by atoms with Gasteiger partial charge in [-0.25, -0.2) is 4.98 Å². The van der Waals surface area contributed by atoms with Crippen LogP contribution in [0.15, 0.2) is 24.5 Å². The van der Waals surface area contributed by atoms with Gasteiger partial charge in [-0.3, -0.25) is 9.78 Å². The van der Waals surface area contributed by atoms with Crippen molar-refractivity contribution >= 4 is 28.9 Å². The number of pyridine rings is 2. The third kappa shape index (κ3) is 5.08. The fourth-order valence-electron chi connectivity index (χ4n) is 3.03. The minimum Gasteiger partial charge on any atom is -0.454 e. The molecule has 1 aliphatic heterocycles. The summed E-state index contributed by atoms with van der Waals surface area (Å²) in [5.41, 5.74) is 6.92. The lowest BCUT2D eigenvalue weighted by atomic mass is 10.0. The van der Waals surface area contributed by atoms with Crippen LogP contribution in [0.3, 0.4) is 0 Å². The summed E-state index contributed by atoms with van der Waals surface area (Å²) >= 11 is 6.31. The molecule has 0 spiro atoms. The first-order valence-corrected chi connectivity index (χ1v) is 9.32. The summed E-state index contributed by atoms with van der Waals surface area (Å²) in [7, 11) is 1.70. The predicted octanol–water partition coefficient (Wildman–Crippen LogP) is 3.62. The Morgan fingerprint density at radius 2 is 2.30 bits per heavy atom. The van der Waals surface area contributed by atoms with E-state index in [9.17, 15) is 4.79 Å². The van der Waals surface area contributed by atoms with Crippen LogP contribution in [-0.4, -0.2) is 35.5 Å². The standard InChI is InChI=1S/C19H23ClN4O3/c1-22-18-17(20)16(11-24-19(18)21)27-15-5-6-23-12(9-15)8-13(25)10-14-4-2-3-7-26-14/h5-6,9,11,14,22H,2-4,7-8,10H2,1H3,(H2,21,24). The highest BCUT2D eigenvalue weighted by Crippen LogP contribution is 2.37. The van der Waals surface area contributed by atoms with E-state index in [2.05, 4.69) is 15.3 Å². The molecule has 2 aromatic rings. The molecule has 1 saturated heterocycles. The average Bonchev–Trinajstić information content (AvgIpc) is 2.65. The van der Waals surface area contributed by atoms with Crippen LogP contribution in [0.25, 0.3) is 0 Å². The topological polar surface area (TPSA) is 99.4 Å². The van der Waals surface area contributed by atoms with Crippen molar-refractivity contribution in [3.63, 3.8) is 0 Å². The number of rotatable bonds is 7. The first kappa shape index (κ1) is 19.4. The Labute approximate surface area is 163 Å². The van der Waals surface area contributed by atoms with Crippen molar-refractivity contribution in [2.24, 2.45) is 0 Å².